The number of likely N-dealkylation sites (N-methyl/N-ethyl adjacent to an activating group) is 2. The van der Waals surface area contributed by atoms with Crippen LogP contribution in [-0.2, 0) is 12.8 Å². The van der Waals surface area contributed by atoms with E-state index in [1.165, 1.54) is 37.3 Å². The summed E-state index contributed by atoms with van der Waals surface area (Å²) in [6.07, 6.45) is 2.32. The monoisotopic (exact) mass is 326 g/mol. The molecule has 0 fully saturated rings. The Morgan fingerprint density at radius 3 is 1.17 bits per heavy atom. The van der Waals surface area contributed by atoms with Gasteiger partial charge in [-0.25, -0.2) is 0 Å². The Hall–Kier alpha value is -1.64. The summed E-state index contributed by atoms with van der Waals surface area (Å²) in [7, 11) is 9.44. The van der Waals surface area contributed by atoms with E-state index in [2.05, 4.69) is 88.9 Å². The van der Waals surface area contributed by atoms with Gasteiger partial charge in [0.25, 0.3) is 0 Å². The molecule has 2 aromatic rings. The van der Waals surface area contributed by atoms with Gasteiger partial charge in [-0.1, -0.05) is 60.7 Å². The SMILES string of the molecule is C[N+](C)(CCc1ccccc1)CC[N+](C)(C)CCc1ccccc1. The lowest BCUT2D eigenvalue weighted by molar-refractivity contribution is -0.945. The number of nitrogens with zero attached hydrogens (tertiary/aromatic N) is 2. The maximum Gasteiger partial charge on any atom is 0.128 e. The van der Waals surface area contributed by atoms with Gasteiger partial charge in [-0.15, -0.1) is 0 Å². The van der Waals surface area contributed by atoms with Crippen molar-refractivity contribution in [3.05, 3.63) is 71.8 Å². The molecule has 0 aromatic heterocycles. The predicted octanol–water partition coefficient (Wildman–Crippen LogP) is 3.62. The van der Waals surface area contributed by atoms with Gasteiger partial charge in [0.2, 0.25) is 0 Å². The third-order valence-electron chi connectivity index (χ3n) is 5.01. The molecule has 24 heavy (non-hydrogen) atoms. The fraction of sp³-hybridized carbons (Fsp3) is 0.455. The molecule has 0 saturated heterocycles. The summed E-state index contributed by atoms with van der Waals surface area (Å²) in [6, 6.07) is 21.7. The van der Waals surface area contributed by atoms with E-state index < -0.39 is 0 Å². The second kappa shape index (κ2) is 8.46. The molecule has 0 saturated carbocycles. The molecule has 2 rings (SSSR count). The third-order valence-corrected chi connectivity index (χ3v) is 5.01. The maximum atomic E-state index is 2.36. The number of benzene rings is 2. The van der Waals surface area contributed by atoms with Crippen LogP contribution in [0.25, 0.3) is 0 Å². The van der Waals surface area contributed by atoms with Crippen LogP contribution in [0.5, 0.6) is 0 Å². The quantitative estimate of drug-likeness (QED) is 0.617. The summed E-state index contributed by atoms with van der Waals surface area (Å²) in [5, 5.41) is 0. The van der Waals surface area contributed by atoms with Crippen LogP contribution in [0.2, 0.25) is 0 Å². The average Bonchev–Trinajstić information content (AvgIpc) is 2.59. The van der Waals surface area contributed by atoms with Gasteiger partial charge in [-0.05, 0) is 11.1 Å². The van der Waals surface area contributed by atoms with Gasteiger partial charge in [0, 0.05) is 12.8 Å². The molecule has 0 N–H and O–H groups in total. The predicted molar refractivity (Wildman–Crippen MR) is 104 cm³/mol. The zero-order valence-electron chi connectivity index (χ0n) is 15.9. The second-order valence-electron chi connectivity index (χ2n) is 8.24. The van der Waals surface area contributed by atoms with Crippen LogP contribution >= 0.6 is 0 Å². The Morgan fingerprint density at radius 1 is 0.500 bits per heavy atom. The summed E-state index contributed by atoms with van der Waals surface area (Å²) >= 11 is 0. The highest BCUT2D eigenvalue weighted by molar-refractivity contribution is 5.15. The van der Waals surface area contributed by atoms with Gasteiger partial charge in [0.1, 0.15) is 13.1 Å². The standard InChI is InChI=1S/C22H34N2/c1-23(2,17-15-21-11-7-5-8-12-21)19-20-24(3,4)18-16-22-13-9-6-10-14-22/h5-14H,15-20H2,1-4H3/q+2. The average molecular weight is 327 g/mol. The number of hydrogen-bond donors (Lipinski definition) is 0. The van der Waals surface area contributed by atoms with Gasteiger partial charge < -0.3 is 8.97 Å². The van der Waals surface area contributed by atoms with Crippen LogP contribution in [0.3, 0.4) is 0 Å². The van der Waals surface area contributed by atoms with Crippen molar-refractivity contribution < 1.29 is 8.97 Å². The van der Waals surface area contributed by atoms with Crippen LogP contribution in [-0.4, -0.2) is 63.3 Å². The third kappa shape index (κ3) is 6.86. The molecule has 2 nitrogen and oxygen atoms in total. The first kappa shape index (κ1) is 18.7. The Bertz CT molecular complexity index is 532. The smallest absolute Gasteiger partial charge is 0.128 e. The minimum atomic E-state index is 1.09. The van der Waals surface area contributed by atoms with E-state index in [9.17, 15) is 0 Å². The number of hydrogen-bond acceptors (Lipinski definition) is 0. The molecule has 0 bridgehead atoms. The maximum absolute atomic E-state index is 2.36. The molecule has 0 aliphatic rings. The van der Waals surface area contributed by atoms with Crippen molar-refractivity contribution in [2.45, 2.75) is 12.8 Å². The molecule has 0 atom stereocenters. The van der Waals surface area contributed by atoms with E-state index in [-0.39, 0.29) is 0 Å². The molecule has 0 aliphatic carbocycles. The molecule has 0 amide bonds. The van der Waals surface area contributed by atoms with Crippen molar-refractivity contribution in [3.63, 3.8) is 0 Å². The normalized spacial score (nSPS) is 12.3. The van der Waals surface area contributed by atoms with Gasteiger partial charge in [0.15, 0.2) is 0 Å². The first-order valence-corrected chi connectivity index (χ1v) is 9.08. The van der Waals surface area contributed by atoms with Crippen molar-refractivity contribution in [1.29, 1.82) is 0 Å². The van der Waals surface area contributed by atoms with E-state index in [1.807, 2.05) is 0 Å². The minimum absolute atomic E-state index is 1.09. The highest BCUT2D eigenvalue weighted by Crippen LogP contribution is 2.09. The minimum Gasteiger partial charge on any atom is -0.324 e. The topological polar surface area (TPSA) is 0 Å². The Kier molecular flexibility index (Phi) is 6.59. The highest BCUT2D eigenvalue weighted by atomic mass is 15.4. The number of rotatable bonds is 9. The summed E-state index contributed by atoms with van der Waals surface area (Å²) in [5.74, 6) is 0. The molecule has 0 aliphatic heterocycles. The molecular weight excluding hydrogens is 292 g/mol. The molecule has 0 heterocycles. The van der Waals surface area contributed by atoms with Crippen molar-refractivity contribution in [1.82, 2.24) is 0 Å². The fourth-order valence-electron chi connectivity index (χ4n) is 2.92. The van der Waals surface area contributed by atoms with Gasteiger partial charge in [-0.3, -0.25) is 0 Å². The van der Waals surface area contributed by atoms with Gasteiger partial charge >= 0.3 is 0 Å². The van der Waals surface area contributed by atoms with Crippen molar-refractivity contribution in [3.8, 4) is 0 Å². The second-order valence-corrected chi connectivity index (χ2v) is 8.24. The zero-order chi connectivity index (χ0) is 17.5. The van der Waals surface area contributed by atoms with E-state index in [0.717, 1.165) is 21.8 Å². The molecule has 2 aromatic carbocycles. The largest absolute Gasteiger partial charge is 0.324 e. The molecular formula is C22H34N2+2. The van der Waals surface area contributed by atoms with Crippen LogP contribution < -0.4 is 0 Å². The van der Waals surface area contributed by atoms with E-state index in [0.29, 0.717) is 0 Å². The van der Waals surface area contributed by atoms with E-state index in [4.69, 9.17) is 0 Å². The lowest BCUT2D eigenvalue weighted by atomic mass is 10.1. The molecule has 0 unspecified atom stereocenters. The summed E-state index contributed by atoms with van der Waals surface area (Å²) in [6.45, 7) is 4.83. The van der Waals surface area contributed by atoms with Gasteiger partial charge in [0.05, 0.1) is 41.3 Å². The van der Waals surface area contributed by atoms with Gasteiger partial charge in [-0.2, -0.15) is 0 Å². The molecule has 0 radical (unpaired) electrons. The van der Waals surface area contributed by atoms with Crippen LogP contribution in [0.4, 0.5) is 0 Å². The highest BCUT2D eigenvalue weighted by Gasteiger charge is 2.22. The Labute approximate surface area is 148 Å². The van der Waals surface area contributed by atoms with Crippen LogP contribution in [0.15, 0.2) is 60.7 Å². The van der Waals surface area contributed by atoms with Crippen molar-refractivity contribution in [2.75, 3.05) is 54.4 Å². The Morgan fingerprint density at radius 2 is 0.833 bits per heavy atom. The lowest BCUT2D eigenvalue weighted by Gasteiger charge is -2.36. The molecule has 2 heteroatoms. The van der Waals surface area contributed by atoms with E-state index >= 15 is 0 Å². The Balaban J connectivity index is 1.76. The van der Waals surface area contributed by atoms with Crippen molar-refractivity contribution >= 4 is 0 Å². The molecule has 130 valence electrons. The summed E-state index contributed by atoms with van der Waals surface area (Å²) < 4.78 is 2.17. The van der Waals surface area contributed by atoms with E-state index in [1.54, 1.807) is 0 Å². The van der Waals surface area contributed by atoms with Crippen molar-refractivity contribution in [2.24, 2.45) is 0 Å². The van der Waals surface area contributed by atoms with Crippen LogP contribution in [0, 0.1) is 0 Å². The van der Waals surface area contributed by atoms with Crippen LogP contribution in [0.1, 0.15) is 11.1 Å². The zero-order valence-corrected chi connectivity index (χ0v) is 15.9. The summed E-state index contributed by atoms with van der Waals surface area (Å²) in [5.41, 5.74) is 2.89. The number of quaternary nitrogens is 2. The fourth-order valence-corrected chi connectivity index (χ4v) is 2.92. The first-order valence-electron chi connectivity index (χ1n) is 9.08. The molecule has 0 spiro atoms. The lowest BCUT2D eigenvalue weighted by Crippen LogP contribution is -2.52. The first-order chi connectivity index (χ1) is 11.4. The summed E-state index contributed by atoms with van der Waals surface area (Å²) in [4.78, 5) is 0.